The fraction of sp³-hybridized carbons (Fsp3) is 0.562. The number of hydrogen-bond donors (Lipinski definition) is 1. The van der Waals surface area contributed by atoms with Gasteiger partial charge in [0.1, 0.15) is 11.8 Å². The van der Waals surface area contributed by atoms with Crippen molar-refractivity contribution in [3.05, 3.63) is 30.3 Å². The second-order valence-electron chi connectivity index (χ2n) is 5.69. The van der Waals surface area contributed by atoms with E-state index in [1.54, 1.807) is 0 Å². The van der Waals surface area contributed by atoms with Crippen molar-refractivity contribution in [2.75, 3.05) is 26.0 Å². The Labute approximate surface area is 137 Å². The zero-order valence-corrected chi connectivity index (χ0v) is 14.2. The normalized spacial score (nSPS) is 19.3. The molecule has 0 aliphatic carbocycles. The molecule has 0 aromatic heterocycles. The SMILES string of the molecule is CS(=O)(=O)N1CCCC[C@@H]1C(=O)NCCCOc1ccccc1. The molecule has 6 nitrogen and oxygen atoms in total. The van der Waals surface area contributed by atoms with Gasteiger partial charge in [-0.05, 0) is 31.4 Å². The van der Waals surface area contributed by atoms with E-state index < -0.39 is 16.1 Å². The molecule has 7 heteroatoms. The highest BCUT2D eigenvalue weighted by molar-refractivity contribution is 7.88. The third-order valence-corrected chi connectivity index (χ3v) is 5.10. The van der Waals surface area contributed by atoms with E-state index >= 15 is 0 Å². The van der Waals surface area contributed by atoms with Gasteiger partial charge in [0.05, 0.1) is 12.9 Å². The molecule has 0 bridgehead atoms. The van der Waals surface area contributed by atoms with Gasteiger partial charge in [0.15, 0.2) is 0 Å². The van der Waals surface area contributed by atoms with E-state index in [1.165, 1.54) is 4.31 Å². The lowest BCUT2D eigenvalue weighted by molar-refractivity contribution is -0.125. The van der Waals surface area contributed by atoms with Crippen molar-refractivity contribution in [1.29, 1.82) is 0 Å². The summed E-state index contributed by atoms with van der Waals surface area (Å²) in [5.74, 6) is 0.587. The van der Waals surface area contributed by atoms with Crippen molar-refractivity contribution >= 4 is 15.9 Å². The Bertz CT molecular complexity index is 604. The van der Waals surface area contributed by atoms with Crippen molar-refractivity contribution in [1.82, 2.24) is 9.62 Å². The van der Waals surface area contributed by atoms with Gasteiger partial charge in [-0.2, -0.15) is 4.31 Å². The Balaban J connectivity index is 1.73. The van der Waals surface area contributed by atoms with Gasteiger partial charge in [-0.3, -0.25) is 4.79 Å². The van der Waals surface area contributed by atoms with Crippen LogP contribution in [0.15, 0.2) is 30.3 Å². The van der Waals surface area contributed by atoms with Crippen molar-refractivity contribution in [3.8, 4) is 5.75 Å². The summed E-state index contributed by atoms with van der Waals surface area (Å²) in [5, 5.41) is 2.82. The Morgan fingerprint density at radius 1 is 1.30 bits per heavy atom. The van der Waals surface area contributed by atoms with Crippen LogP contribution in [0.4, 0.5) is 0 Å². The molecular weight excluding hydrogens is 316 g/mol. The summed E-state index contributed by atoms with van der Waals surface area (Å²) in [5.41, 5.74) is 0. The number of hydrogen-bond acceptors (Lipinski definition) is 4. The Morgan fingerprint density at radius 3 is 2.74 bits per heavy atom. The van der Waals surface area contributed by atoms with Crippen molar-refractivity contribution in [3.63, 3.8) is 0 Å². The van der Waals surface area contributed by atoms with Crippen molar-refractivity contribution in [2.24, 2.45) is 0 Å². The monoisotopic (exact) mass is 340 g/mol. The van der Waals surface area contributed by atoms with Crippen LogP contribution >= 0.6 is 0 Å². The maximum atomic E-state index is 12.2. The summed E-state index contributed by atoms with van der Waals surface area (Å²) in [4.78, 5) is 12.2. The number of piperidine rings is 1. The van der Waals surface area contributed by atoms with Crippen LogP contribution in [-0.4, -0.2) is 50.6 Å². The highest BCUT2D eigenvalue weighted by Crippen LogP contribution is 2.19. The highest BCUT2D eigenvalue weighted by Gasteiger charge is 2.34. The van der Waals surface area contributed by atoms with E-state index in [1.807, 2.05) is 30.3 Å². The largest absolute Gasteiger partial charge is 0.494 e. The number of sulfonamides is 1. The van der Waals surface area contributed by atoms with Gasteiger partial charge in [-0.15, -0.1) is 0 Å². The van der Waals surface area contributed by atoms with Crippen LogP contribution in [0.2, 0.25) is 0 Å². The zero-order chi connectivity index (χ0) is 16.7. The standard InChI is InChI=1S/C16H24N2O4S/c1-23(20,21)18-12-6-5-10-15(18)16(19)17-11-7-13-22-14-8-3-2-4-9-14/h2-4,8-9,15H,5-7,10-13H2,1H3,(H,17,19)/t15-/m1/s1. The molecule has 1 fully saturated rings. The van der Waals surface area contributed by atoms with Crippen LogP contribution < -0.4 is 10.1 Å². The molecule has 0 spiro atoms. The summed E-state index contributed by atoms with van der Waals surface area (Å²) < 4.78 is 30.4. The summed E-state index contributed by atoms with van der Waals surface area (Å²) in [6.45, 7) is 1.40. The maximum absolute atomic E-state index is 12.2. The Hall–Kier alpha value is -1.60. The molecule has 1 saturated heterocycles. The average Bonchev–Trinajstić information content (AvgIpc) is 2.54. The number of rotatable bonds is 7. The maximum Gasteiger partial charge on any atom is 0.238 e. The number of carbonyl (C=O) groups is 1. The number of nitrogens with one attached hydrogen (secondary N) is 1. The van der Waals surface area contributed by atoms with Crippen LogP contribution in [0.1, 0.15) is 25.7 Å². The minimum absolute atomic E-state index is 0.213. The molecule has 1 atom stereocenters. The van der Waals surface area contributed by atoms with Gasteiger partial charge in [0.2, 0.25) is 15.9 Å². The first-order chi connectivity index (χ1) is 11.0. The molecule has 1 heterocycles. The second kappa shape index (κ2) is 8.31. The predicted octanol–water partition coefficient (Wildman–Crippen LogP) is 1.39. The lowest BCUT2D eigenvalue weighted by atomic mass is 10.0. The van der Waals surface area contributed by atoms with Gasteiger partial charge in [-0.1, -0.05) is 24.6 Å². The number of carbonyl (C=O) groups excluding carboxylic acids is 1. The smallest absolute Gasteiger partial charge is 0.238 e. The minimum Gasteiger partial charge on any atom is -0.494 e. The molecule has 1 aliphatic rings. The van der Waals surface area contributed by atoms with Crippen LogP contribution in [0.25, 0.3) is 0 Å². The predicted molar refractivity (Wildman–Crippen MR) is 88.8 cm³/mol. The molecular formula is C16H24N2O4S. The molecule has 0 unspecified atom stereocenters. The van der Waals surface area contributed by atoms with Gasteiger partial charge in [0.25, 0.3) is 0 Å². The quantitative estimate of drug-likeness (QED) is 0.761. The van der Waals surface area contributed by atoms with Crippen LogP contribution in [-0.2, 0) is 14.8 Å². The first-order valence-corrected chi connectivity index (χ1v) is 9.75. The van der Waals surface area contributed by atoms with Gasteiger partial charge >= 0.3 is 0 Å². The average molecular weight is 340 g/mol. The first-order valence-electron chi connectivity index (χ1n) is 7.91. The fourth-order valence-electron chi connectivity index (χ4n) is 2.67. The molecule has 2 rings (SSSR count). The molecule has 1 aromatic rings. The summed E-state index contributed by atoms with van der Waals surface area (Å²) in [6, 6.07) is 8.91. The molecule has 1 aromatic carbocycles. The van der Waals surface area contributed by atoms with Gasteiger partial charge < -0.3 is 10.1 Å². The lowest BCUT2D eigenvalue weighted by Crippen LogP contribution is -2.51. The van der Waals surface area contributed by atoms with Crippen LogP contribution in [0.3, 0.4) is 0 Å². The third kappa shape index (κ3) is 5.51. The molecule has 1 N–H and O–H groups in total. The summed E-state index contributed by atoms with van der Waals surface area (Å²) in [7, 11) is -3.34. The van der Waals surface area contributed by atoms with E-state index in [9.17, 15) is 13.2 Å². The van der Waals surface area contributed by atoms with Crippen LogP contribution in [0, 0.1) is 0 Å². The van der Waals surface area contributed by atoms with E-state index in [4.69, 9.17) is 4.74 Å². The molecule has 0 saturated carbocycles. The number of ether oxygens (including phenoxy) is 1. The summed E-state index contributed by atoms with van der Waals surface area (Å²) in [6.07, 6.45) is 4.10. The molecule has 23 heavy (non-hydrogen) atoms. The lowest BCUT2D eigenvalue weighted by Gasteiger charge is -2.32. The minimum atomic E-state index is -3.34. The highest BCUT2D eigenvalue weighted by atomic mass is 32.2. The molecule has 1 aliphatic heterocycles. The Kier molecular flexibility index (Phi) is 6.41. The number of para-hydroxylation sites is 1. The van der Waals surface area contributed by atoms with E-state index in [0.29, 0.717) is 32.5 Å². The summed E-state index contributed by atoms with van der Waals surface area (Å²) >= 11 is 0. The van der Waals surface area contributed by atoms with Crippen LogP contribution in [0.5, 0.6) is 5.75 Å². The molecule has 0 radical (unpaired) electrons. The Morgan fingerprint density at radius 2 is 2.04 bits per heavy atom. The first kappa shape index (κ1) is 17.7. The van der Waals surface area contributed by atoms with Gasteiger partial charge in [0, 0.05) is 13.1 Å². The number of benzene rings is 1. The number of nitrogens with zero attached hydrogens (tertiary/aromatic N) is 1. The molecule has 128 valence electrons. The van der Waals surface area contributed by atoms with E-state index in [0.717, 1.165) is 24.8 Å². The van der Waals surface area contributed by atoms with E-state index in [-0.39, 0.29) is 5.91 Å². The van der Waals surface area contributed by atoms with Gasteiger partial charge in [-0.25, -0.2) is 8.42 Å². The third-order valence-electron chi connectivity index (χ3n) is 3.81. The number of amides is 1. The van der Waals surface area contributed by atoms with Crippen molar-refractivity contribution in [2.45, 2.75) is 31.7 Å². The molecule has 1 amide bonds. The van der Waals surface area contributed by atoms with E-state index in [2.05, 4.69) is 5.32 Å². The zero-order valence-electron chi connectivity index (χ0n) is 13.4. The topological polar surface area (TPSA) is 75.7 Å². The second-order valence-corrected chi connectivity index (χ2v) is 7.63. The van der Waals surface area contributed by atoms with Crippen molar-refractivity contribution < 1.29 is 17.9 Å². The fourth-order valence-corrected chi connectivity index (χ4v) is 3.80.